The molecule has 0 saturated carbocycles. The normalized spacial score (nSPS) is 12.0. The number of aryl methyl sites for hydroxylation is 1. The number of hydrogen-bond donors (Lipinski definition) is 2. The fraction of sp³-hybridized carbons (Fsp3) is 0.219. The van der Waals surface area contributed by atoms with E-state index >= 15 is 0 Å². The molecule has 8 heteroatoms. The predicted octanol–water partition coefficient (Wildman–Crippen LogP) is 5.65. The molecule has 0 amide bonds. The van der Waals surface area contributed by atoms with Crippen LogP contribution in [-0.4, -0.2) is 41.6 Å². The third kappa shape index (κ3) is 7.60. The number of carbonyl (C=O) groups excluding carboxylic acids is 1. The highest BCUT2D eigenvalue weighted by molar-refractivity contribution is 6.04. The molecule has 2 N–H and O–H groups in total. The lowest BCUT2D eigenvalue weighted by Gasteiger charge is -2.16. The van der Waals surface area contributed by atoms with Crippen LogP contribution in [0.5, 0.6) is 11.5 Å². The molecule has 206 valence electrons. The van der Waals surface area contributed by atoms with Gasteiger partial charge in [-0.15, -0.1) is 0 Å². The largest absolute Gasteiger partial charge is 0.497 e. The molecule has 4 rings (SSSR count). The Hall–Kier alpha value is -4.85. The number of ether oxygens (including phenoxy) is 2. The number of carboxylic acids is 1. The van der Waals surface area contributed by atoms with Crippen molar-refractivity contribution in [3.05, 3.63) is 113 Å². The molecule has 0 radical (unpaired) electrons. The van der Waals surface area contributed by atoms with Crippen LogP contribution in [0.25, 0.3) is 11.5 Å². The molecule has 0 fully saturated rings. The van der Waals surface area contributed by atoms with E-state index in [0.717, 1.165) is 28.3 Å². The van der Waals surface area contributed by atoms with Gasteiger partial charge >= 0.3 is 5.97 Å². The smallest absolute Gasteiger partial charge is 0.326 e. The molecule has 3 aromatic carbocycles. The number of methoxy groups -OCH3 is 1. The zero-order valence-electron chi connectivity index (χ0n) is 22.7. The number of nitrogens with zero attached hydrogens (tertiary/aromatic N) is 1. The second-order valence-electron chi connectivity index (χ2n) is 9.29. The highest BCUT2D eigenvalue weighted by atomic mass is 16.5. The van der Waals surface area contributed by atoms with Gasteiger partial charge in [0.2, 0.25) is 5.89 Å². The minimum absolute atomic E-state index is 0.186. The summed E-state index contributed by atoms with van der Waals surface area (Å²) < 4.78 is 16.9. The average Bonchev–Trinajstić information content (AvgIpc) is 3.34. The lowest BCUT2D eigenvalue weighted by Crippen LogP contribution is -2.37. The standard InChI is InChI=1S/C32H32N2O6/c1-21(19-30(35)24-7-5-4-6-8-24)33-29(32(36)37)20-23-9-13-27(14-10-23)39-18-17-28-22(2)40-31(34-28)25-11-15-26(38-3)16-12-25/h4-16,19,29,33H,17-18,20H2,1-3H3,(H,36,37)/t29-/m0/s1. The first-order valence-corrected chi connectivity index (χ1v) is 12.9. The Bertz CT molecular complexity index is 1460. The number of allylic oxidation sites excluding steroid dienone is 2. The summed E-state index contributed by atoms with van der Waals surface area (Å²) in [6.45, 7) is 3.98. The lowest BCUT2D eigenvalue weighted by molar-refractivity contribution is -0.139. The second kappa shape index (κ2) is 13.3. The zero-order valence-corrected chi connectivity index (χ0v) is 22.7. The summed E-state index contributed by atoms with van der Waals surface area (Å²) in [5.41, 5.74) is 3.55. The lowest BCUT2D eigenvalue weighted by atomic mass is 10.1. The molecule has 0 aliphatic heterocycles. The molecule has 1 aromatic heterocycles. The zero-order chi connectivity index (χ0) is 28.5. The summed E-state index contributed by atoms with van der Waals surface area (Å²) in [7, 11) is 1.62. The van der Waals surface area contributed by atoms with E-state index in [2.05, 4.69) is 10.3 Å². The average molecular weight is 541 g/mol. The van der Waals surface area contributed by atoms with Crippen LogP contribution in [0.2, 0.25) is 0 Å². The summed E-state index contributed by atoms with van der Waals surface area (Å²) in [5.74, 6) is 1.54. The minimum atomic E-state index is -1.00. The topological polar surface area (TPSA) is 111 Å². The van der Waals surface area contributed by atoms with E-state index in [1.54, 1.807) is 38.3 Å². The number of nitrogens with one attached hydrogen (secondary N) is 1. The van der Waals surface area contributed by atoms with Crippen molar-refractivity contribution in [3.63, 3.8) is 0 Å². The third-order valence-electron chi connectivity index (χ3n) is 6.31. The first-order valence-electron chi connectivity index (χ1n) is 12.9. The molecule has 1 heterocycles. The third-order valence-corrected chi connectivity index (χ3v) is 6.31. The van der Waals surface area contributed by atoms with E-state index in [4.69, 9.17) is 13.9 Å². The Morgan fingerprint density at radius 1 is 1.00 bits per heavy atom. The molecule has 0 spiro atoms. The molecule has 1 atom stereocenters. The van der Waals surface area contributed by atoms with Crippen LogP contribution in [0.4, 0.5) is 0 Å². The quantitative estimate of drug-likeness (QED) is 0.165. The maximum absolute atomic E-state index is 12.4. The van der Waals surface area contributed by atoms with Crippen LogP contribution in [0.1, 0.15) is 34.3 Å². The maximum atomic E-state index is 12.4. The number of benzene rings is 3. The monoisotopic (exact) mass is 540 g/mol. The van der Waals surface area contributed by atoms with Crippen LogP contribution in [0.15, 0.2) is 95.1 Å². The van der Waals surface area contributed by atoms with E-state index in [1.165, 1.54) is 6.08 Å². The molecule has 0 aliphatic carbocycles. The minimum Gasteiger partial charge on any atom is -0.497 e. The Morgan fingerprint density at radius 2 is 1.68 bits per heavy atom. The van der Waals surface area contributed by atoms with Gasteiger partial charge in [-0.25, -0.2) is 9.78 Å². The van der Waals surface area contributed by atoms with E-state index < -0.39 is 12.0 Å². The molecule has 8 nitrogen and oxygen atoms in total. The van der Waals surface area contributed by atoms with Crippen molar-refractivity contribution in [3.8, 4) is 23.0 Å². The summed E-state index contributed by atoms with van der Waals surface area (Å²) in [6.07, 6.45) is 2.23. The van der Waals surface area contributed by atoms with Crippen LogP contribution in [0, 0.1) is 6.92 Å². The van der Waals surface area contributed by atoms with Crippen molar-refractivity contribution in [2.24, 2.45) is 0 Å². The van der Waals surface area contributed by atoms with Gasteiger partial charge in [0, 0.05) is 35.7 Å². The predicted molar refractivity (Wildman–Crippen MR) is 152 cm³/mol. The summed E-state index contributed by atoms with van der Waals surface area (Å²) >= 11 is 0. The second-order valence-corrected chi connectivity index (χ2v) is 9.29. The summed E-state index contributed by atoms with van der Waals surface area (Å²) in [5, 5.41) is 12.7. The highest BCUT2D eigenvalue weighted by Gasteiger charge is 2.18. The van der Waals surface area contributed by atoms with E-state index in [0.29, 0.717) is 35.9 Å². The number of hydrogen-bond acceptors (Lipinski definition) is 7. The van der Waals surface area contributed by atoms with Crippen LogP contribution in [-0.2, 0) is 17.6 Å². The fourth-order valence-electron chi connectivity index (χ4n) is 4.14. The van der Waals surface area contributed by atoms with Crippen molar-refractivity contribution in [1.82, 2.24) is 10.3 Å². The molecule has 40 heavy (non-hydrogen) atoms. The van der Waals surface area contributed by atoms with Gasteiger partial charge in [0.25, 0.3) is 0 Å². The Labute approximate surface area is 233 Å². The number of oxazole rings is 1. The summed E-state index contributed by atoms with van der Waals surface area (Å²) in [6, 6.07) is 22.8. The molecule has 0 aliphatic rings. The van der Waals surface area contributed by atoms with Crippen molar-refractivity contribution in [2.45, 2.75) is 32.7 Å². The van der Waals surface area contributed by atoms with Gasteiger partial charge in [0.1, 0.15) is 23.3 Å². The first kappa shape index (κ1) is 28.2. The molecule has 0 saturated heterocycles. The van der Waals surface area contributed by atoms with E-state index in [-0.39, 0.29) is 12.2 Å². The van der Waals surface area contributed by atoms with Gasteiger partial charge in [-0.1, -0.05) is 42.5 Å². The Morgan fingerprint density at radius 3 is 2.33 bits per heavy atom. The van der Waals surface area contributed by atoms with Gasteiger partial charge in [-0.05, 0) is 55.8 Å². The van der Waals surface area contributed by atoms with Gasteiger partial charge in [-0.3, -0.25) is 4.79 Å². The van der Waals surface area contributed by atoms with Crippen molar-refractivity contribution in [2.75, 3.05) is 13.7 Å². The Kier molecular flexibility index (Phi) is 9.35. The number of ketones is 1. The number of aliphatic carboxylic acids is 1. The van der Waals surface area contributed by atoms with Gasteiger partial charge in [-0.2, -0.15) is 0 Å². The van der Waals surface area contributed by atoms with Gasteiger partial charge in [0.05, 0.1) is 19.4 Å². The van der Waals surface area contributed by atoms with Gasteiger partial charge < -0.3 is 24.3 Å². The maximum Gasteiger partial charge on any atom is 0.326 e. The van der Waals surface area contributed by atoms with Crippen LogP contribution >= 0.6 is 0 Å². The van der Waals surface area contributed by atoms with Gasteiger partial charge in [0.15, 0.2) is 5.78 Å². The van der Waals surface area contributed by atoms with Crippen LogP contribution < -0.4 is 14.8 Å². The molecule has 4 aromatic rings. The van der Waals surface area contributed by atoms with Crippen molar-refractivity contribution >= 4 is 11.8 Å². The molecular formula is C32H32N2O6. The van der Waals surface area contributed by atoms with Crippen molar-refractivity contribution in [1.29, 1.82) is 0 Å². The molecule has 0 bridgehead atoms. The first-order chi connectivity index (χ1) is 19.3. The highest BCUT2D eigenvalue weighted by Crippen LogP contribution is 2.24. The molecule has 0 unspecified atom stereocenters. The SMILES string of the molecule is COc1ccc(-c2nc(CCOc3ccc(C[C@H](NC(C)=CC(=O)c4ccccc4)C(=O)O)cc3)c(C)o2)cc1. The Balaban J connectivity index is 1.30. The number of rotatable bonds is 13. The fourth-order valence-corrected chi connectivity index (χ4v) is 4.14. The molecular weight excluding hydrogens is 508 g/mol. The summed E-state index contributed by atoms with van der Waals surface area (Å²) in [4.78, 5) is 28.9. The van der Waals surface area contributed by atoms with Crippen LogP contribution in [0.3, 0.4) is 0 Å². The number of carbonyl (C=O) groups is 2. The van der Waals surface area contributed by atoms with Crippen molar-refractivity contribution < 1.29 is 28.6 Å². The van der Waals surface area contributed by atoms with E-state index in [9.17, 15) is 14.7 Å². The number of aromatic nitrogens is 1. The van der Waals surface area contributed by atoms with E-state index in [1.807, 2.05) is 61.5 Å². The number of carboxylic acid groups (broad SMARTS) is 1.